The SMILES string of the molecule is CCCc1c(NN)ncnc1Sc1ncn[nH]1. The van der Waals surface area contributed by atoms with E-state index < -0.39 is 0 Å². The van der Waals surface area contributed by atoms with E-state index in [1.807, 2.05) is 0 Å². The topological polar surface area (TPSA) is 105 Å². The van der Waals surface area contributed by atoms with Gasteiger partial charge in [0, 0.05) is 5.56 Å². The Morgan fingerprint density at radius 1 is 1.35 bits per heavy atom. The van der Waals surface area contributed by atoms with Gasteiger partial charge in [0.15, 0.2) is 5.16 Å². The smallest absolute Gasteiger partial charge is 0.189 e. The first-order valence-electron chi connectivity index (χ1n) is 5.18. The Kier molecular flexibility index (Phi) is 3.89. The van der Waals surface area contributed by atoms with Gasteiger partial charge < -0.3 is 5.43 Å². The Bertz CT molecular complexity index is 470. The van der Waals surface area contributed by atoms with Gasteiger partial charge in [-0.05, 0) is 18.2 Å². The van der Waals surface area contributed by atoms with Crippen LogP contribution in [0.15, 0.2) is 22.8 Å². The summed E-state index contributed by atoms with van der Waals surface area (Å²) in [5, 5.41) is 8.12. The standard InChI is InChI=1S/C9H13N7S/c1-2-3-6-7(15-10)11-4-12-8(6)17-9-13-5-14-16-9/h4-5H,2-3,10H2,1H3,(H,11,12,15)(H,13,14,16). The van der Waals surface area contributed by atoms with Crippen LogP contribution in [0.5, 0.6) is 0 Å². The number of H-pyrrole nitrogens is 1. The number of hydrogen-bond donors (Lipinski definition) is 3. The van der Waals surface area contributed by atoms with E-state index in [1.54, 1.807) is 0 Å². The summed E-state index contributed by atoms with van der Waals surface area (Å²) < 4.78 is 0. The highest BCUT2D eigenvalue weighted by molar-refractivity contribution is 7.99. The molecular weight excluding hydrogens is 238 g/mol. The Balaban J connectivity index is 2.31. The van der Waals surface area contributed by atoms with Gasteiger partial charge in [-0.2, -0.15) is 5.10 Å². The highest BCUT2D eigenvalue weighted by Gasteiger charge is 2.12. The highest BCUT2D eigenvalue weighted by atomic mass is 32.2. The molecule has 90 valence electrons. The monoisotopic (exact) mass is 251 g/mol. The van der Waals surface area contributed by atoms with Gasteiger partial charge in [0.05, 0.1) is 0 Å². The van der Waals surface area contributed by atoms with Crippen LogP contribution in [0.25, 0.3) is 0 Å². The molecule has 0 radical (unpaired) electrons. The normalized spacial score (nSPS) is 10.5. The zero-order valence-electron chi connectivity index (χ0n) is 9.34. The molecule has 2 heterocycles. The minimum atomic E-state index is 0.656. The number of aromatic nitrogens is 5. The molecule has 0 atom stereocenters. The Labute approximate surface area is 103 Å². The molecule has 2 rings (SSSR count). The Morgan fingerprint density at radius 2 is 2.24 bits per heavy atom. The van der Waals surface area contributed by atoms with Gasteiger partial charge in [0.25, 0.3) is 0 Å². The fourth-order valence-electron chi connectivity index (χ4n) is 1.42. The number of hydrogen-bond acceptors (Lipinski definition) is 7. The molecule has 0 aromatic carbocycles. The number of aromatic amines is 1. The van der Waals surface area contributed by atoms with Crippen LogP contribution in [0.4, 0.5) is 5.82 Å². The fraction of sp³-hybridized carbons (Fsp3) is 0.333. The van der Waals surface area contributed by atoms with Crippen molar-refractivity contribution in [3.8, 4) is 0 Å². The van der Waals surface area contributed by atoms with Crippen molar-refractivity contribution in [1.29, 1.82) is 0 Å². The second kappa shape index (κ2) is 5.60. The first-order valence-corrected chi connectivity index (χ1v) is 6.00. The molecule has 17 heavy (non-hydrogen) atoms. The van der Waals surface area contributed by atoms with Crippen LogP contribution in [0.2, 0.25) is 0 Å². The van der Waals surface area contributed by atoms with Gasteiger partial charge >= 0.3 is 0 Å². The molecule has 0 unspecified atom stereocenters. The van der Waals surface area contributed by atoms with E-state index in [2.05, 4.69) is 37.5 Å². The molecule has 0 aliphatic heterocycles. The summed E-state index contributed by atoms with van der Waals surface area (Å²) in [6, 6.07) is 0. The molecule has 0 spiro atoms. The number of nitrogens with one attached hydrogen (secondary N) is 2. The van der Waals surface area contributed by atoms with Crippen LogP contribution < -0.4 is 11.3 Å². The predicted octanol–water partition coefficient (Wildman–Crippen LogP) is 0.984. The van der Waals surface area contributed by atoms with Crippen LogP contribution in [-0.2, 0) is 6.42 Å². The van der Waals surface area contributed by atoms with Crippen LogP contribution in [0.3, 0.4) is 0 Å². The maximum atomic E-state index is 5.44. The number of nitrogen functional groups attached to an aromatic ring is 1. The lowest BCUT2D eigenvalue weighted by atomic mass is 10.2. The summed E-state index contributed by atoms with van der Waals surface area (Å²) in [6.45, 7) is 2.09. The molecule has 2 aromatic heterocycles. The van der Waals surface area contributed by atoms with Crippen molar-refractivity contribution in [2.45, 2.75) is 29.9 Å². The lowest BCUT2D eigenvalue weighted by Gasteiger charge is -2.09. The first kappa shape index (κ1) is 11.8. The summed E-state index contributed by atoms with van der Waals surface area (Å²) in [7, 11) is 0. The number of hydrazine groups is 1. The van der Waals surface area contributed by atoms with Gasteiger partial charge in [-0.25, -0.2) is 20.8 Å². The van der Waals surface area contributed by atoms with E-state index in [0.717, 1.165) is 23.4 Å². The van der Waals surface area contributed by atoms with E-state index in [-0.39, 0.29) is 0 Å². The molecule has 4 N–H and O–H groups in total. The number of nitrogens with zero attached hydrogens (tertiary/aromatic N) is 4. The number of nitrogens with two attached hydrogens (primary N) is 1. The summed E-state index contributed by atoms with van der Waals surface area (Å²) in [4.78, 5) is 12.4. The summed E-state index contributed by atoms with van der Waals surface area (Å²) in [5.41, 5.74) is 3.59. The molecule has 2 aromatic rings. The molecule has 0 amide bonds. The molecule has 0 saturated carbocycles. The molecule has 7 nitrogen and oxygen atoms in total. The van der Waals surface area contributed by atoms with Crippen molar-refractivity contribution in [3.63, 3.8) is 0 Å². The van der Waals surface area contributed by atoms with Crippen LogP contribution in [-0.4, -0.2) is 25.1 Å². The minimum absolute atomic E-state index is 0.656. The summed E-state index contributed by atoms with van der Waals surface area (Å²) in [6.07, 6.45) is 4.79. The van der Waals surface area contributed by atoms with Crippen LogP contribution in [0, 0.1) is 0 Å². The molecule has 0 fully saturated rings. The second-order valence-electron chi connectivity index (χ2n) is 3.29. The van der Waals surface area contributed by atoms with Gasteiger partial charge in [0.1, 0.15) is 23.5 Å². The van der Waals surface area contributed by atoms with Gasteiger partial charge in [0.2, 0.25) is 0 Å². The molecule has 0 aliphatic carbocycles. The minimum Gasteiger partial charge on any atom is -0.308 e. The highest BCUT2D eigenvalue weighted by Crippen LogP contribution is 2.29. The van der Waals surface area contributed by atoms with Crippen molar-refractivity contribution in [1.82, 2.24) is 25.1 Å². The van der Waals surface area contributed by atoms with Crippen molar-refractivity contribution < 1.29 is 0 Å². The third-order valence-corrected chi connectivity index (χ3v) is 3.06. The zero-order chi connectivity index (χ0) is 12.1. The third kappa shape index (κ3) is 2.71. The average molecular weight is 251 g/mol. The van der Waals surface area contributed by atoms with Gasteiger partial charge in [-0.1, -0.05) is 13.3 Å². The Morgan fingerprint density at radius 3 is 2.88 bits per heavy atom. The average Bonchev–Trinajstić information content (AvgIpc) is 2.84. The lowest BCUT2D eigenvalue weighted by molar-refractivity contribution is 0.853. The maximum Gasteiger partial charge on any atom is 0.189 e. The zero-order valence-corrected chi connectivity index (χ0v) is 10.2. The third-order valence-electron chi connectivity index (χ3n) is 2.13. The van der Waals surface area contributed by atoms with E-state index in [1.165, 1.54) is 24.4 Å². The lowest BCUT2D eigenvalue weighted by Crippen LogP contribution is -2.12. The largest absolute Gasteiger partial charge is 0.308 e. The van der Waals surface area contributed by atoms with Crippen molar-refractivity contribution in [2.24, 2.45) is 5.84 Å². The van der Waals surface area contributed by atoms with E-state index in [0.29, 0.717) is 11.0 Å². The quantitative estimate of drug-likeness (QED) is 0.413. The maximum absolute atomic E-state index is 5.44. The molecule has 8 heteroatoms. The van der Waals surface area contributed by atoms with Crippen molar-refractivity contribution >= 4 is 17.6 Å². The number of anilines is 1. The van der Waals surface area contributed by atoms with Crippen LogP contribution in [0.1, 0.15) is 18.9 Å². The Hall–Kier alpha value is -1.67. The fourth-order valence-corrected chi connectivity index (χ4v) is 2.22. The molecular formula is C9H13N7S. The van der Waals surface area contributed by atoms with Crippen molar-refractivity contribution in [3.05, 3.63) is 18.2 Å². The molecule has 0 saturated heterocycles. The van der Waals surface area contributed by atoms with Crippen LogP contribution >= 0.6 is 11.8 Å². The van der Waals surface area contributed by atoms with E-state index >= 15 is 0 Å². The second-order valence-corrected chi connectivity index (χ2v) is 4.27. The molecule has 0 aliphatic rings. The predicted molar refractivity (Wildman–Crippen MR) is 64.3 cm³/mol. The number of rotatable bonds is 5. The van der Waals surface area contributed by atoms with Gasteiger partial charge in [-0.15, -0.1) is 0 Å². The van der Waals surface area contributed by atoms with E-state index in [9.17, 15) is 0 Å². The summed E-state index contributed by atoms with van der Waals surface area (Å²) in [5.74, 6) is 6.09. The summed E-state index contributed by atoms with van der Waals surface area (Å²) >= 11 is 1.41. The van der Waals surface area contributed by atoms with E-state index in [4.69, 9.17) is 5.84 Å². The van der Waals surface area contributed by atoms with Crippen molar-refractivity contribution in [2.75, 3.05) is 5.43 Å². The molecule has 0 bridgehead atoms. The van der Waals surface area contributed by atoms with Gasteiger partial charge in [-0.3, -0.25) is 5.10 Å². The first-order chi connectivity index (χ1) is 8.35.